The number of aromatic amines is 1. The van der Waals surface area contributed by atoms with Crippen LogP contribution in [0.5, 0.6) is 0 Å². The maximum atomic E-state index is 13.0. The lowest BCUT2D eigenvalue weighted by atomic mass is 9.99. The van der Waals surface area contributed by atoms with Gasteiger partial charge in [0.15, 0.2) is 0 Å². The van der Waals surface area contributed by atoms with Crippen molar-refractivity contribution >= 4 is 11.7 Å². The van der Waals surface area contributed by atoms with Gasteiger partial charge in [-0.15, -0.1) is 0 Å². The van der Waals surface area contributed by atoms with Gasteiger partial charge in [-0.3, -0.25) is 10.1 Å². The van der Waals surface area contributed by atoms with Crippen molar-refractivity contribution in [3.05, 3.63) is 41.0 Å². The Morgan fingerprint density at radius 3 is 2.83 bits per heavy atom. The molecule has 1 atom stereocenters. The number of aromatic nitrogens is 3. The highest BCUT2D eigenvalue weighted by Crippen LogP contribution is 2.33. The molecule has 0 saturated carbocycles. The molecule has 6 nitrogen and oxygen atoms in total. The molecule has 2 aromatic rings. The number of amides is 2. The number of aryl methyl sites for hydroxylation is 3. The minimum Gasteiger partial charge on any atom is -0.317 e. The molecule has 1 fully saturated rings. The summed E-state index contributed by atoms with van der Waals surface area (Å²) in [5, 5.41) is 10.4. The van der Waals surface area contributed by atoms with Gasteiger partial charge in [0, 0.05) is 35.9 Å². The zero-order chi connectivity index (χ0) is 17.1. The highest BCUT2D eigenvalue weighted by atomic mass is 16.2. The number of urea groups is 1. The van der Waals surface area contributed by atoms with Gasteiger partial charge in [0.2, 0.25) is 0 Å². The molecule has 1 aliphatic heterocycles. The highest BCUT2D eigenvalue weighted by Gasteiger charge is 2.30. The molecule has 0 aromatic carbocycles. The molecular weight excluding hydrogens is 302 g/mol. The predicted molar refractivity (Wildman–Crippen MR) is 94.0 cm³/mol. The number of hydrogen-bond acceptors (Lipinski definition) is 3. The summed E-state index contributed by atoms with van der Waals surface area (Å²) in [4.78, 5) is 19.0. The molecular formula is C18H25N5O. The number of nitrogens with zero attached hydrogens (tertiary/aromatic N) is 3. The van der Waals surface area contributed by atoms with E-state index in [1.807, 2.05) is 31.7 Å². The first-order valence-corrected chi connectivity index (χ1v) is 8.57. The summed E-state index contributed by atoms with van der Waals surface area (Å²) in [6, 6.07) is 1.87. The number of anilines is 1. The van der Waals surface area contributed by atoms with E-state index in [0.29, 0.717) is 0 Å². The Morgan fingerprint density at radius 2 is 2.12 bits per heavy atom. The van der Waals surface area contributed by atoms with Crippen LogP contribution in [0.2, 0.25) is 0 Å². The smallest absolute Gasteiger partial charge is 0.317 e. The van der Waals surface area contributed by atoms with E-state index >= 15 is 0 Å². The summed E-state index contributed by atoms with van der Waals surface area (Å²) < 4.78 is 0. The number of likely N-dealkylation sites (tertiary alicyclic amines) is 1. The van der Waals surface area contributed by atoms with Crippen molar-refractivity contribution in [2.45, 2.75) is 52.5 Å². The molecule has 2 amide bonds. The van der Waals surface area contributed by atoms with Gasteiger partial charge < -0.3 is 10.2 Å². The van der Waals surface area contributed by atoms with E-state index in [2.05, 4.69) is 20.5 Å². The third kappa shape index (κ3) is 3.27. The van der Waals surface area contributed by atoms with Gasteiger partial charge in [0.05, 0.1) is 11.7 Å². The predicted octanol–water partition coefficient (Wildman–Crippen LogP) is 3.88. The first kappa shape index (κ1) is 16.5. The van der Waals surface area contributed by atoms with Crippen LogP contribution >= 0.6 is 0 Å². The Labute approximate surface area is 142 Å². The van der Waals surface area contributed by atoms with Crippen LogP contribution in [0.4, 0.5) is 10.5 Å². The summed E-state index contributed by atoms with van der Waals surface area (Å²) in [7, 11) is 0. The molecule has 24 heavy (non-hydrogen) atoms. The van der Waals surface area contributed by atoms with Crippen molar-refractivity contribution < 1.29 is 4.79 Å². The average molecular weight is 327 g/mol. The standard InChI is InChI=1S/C18H25N5O/c1-12-11-19-9-8-15(12)20-18(24)23-10-6-4-5-7-16(23)17-13(2)21-22-14(17)3/h8-9,11,16H,4-7,10H2,1-3H3,(H,21,22)(H,19,20,24)/t16-/m0/s1. The fourth-order valence-electron chi connectivity index (χ4n) is 3.50. The van der Waals surface area contributed by atoms with E-state index < -0.39 is 0 Å². The van der Waals surface area contributed by atoms with E-state index in [1.54, 1.807) is 12.4 Å². The van der Waals surface area contributed by atoms with Crippen molar-refractivity contribution in [2.24, 2.45) is 0 Å². The van der Waals surface area contributed by atoms with Crippen LogP contribution in [-0.4, -0.2) is 32.7 Å². The summed E-state index contributed by atoms with van der Waals surface area (Å²) >= 11 is 0. The summed E-state index contributed by atoms with van der Waals surface area (Å²) in [5.74, 6) is 0. The zero-order valence-electron chi connectivity index (χ0n) is 14.6. The van der Waals surface area contributed by atoms with Crippen molar-refractivity contribution in [1.29, 1.82) is 0 Å². The minimum atomic E-state index is -0.0452. The molecule has 0 radical (unpaired) electrons. The van der Waals surface area contributed by atoms with Crippen molar-refractivity contribution in [3.63, 3.8) is 0 Å². The van der Waals surface area contributed by atoms with Crippen LogP contribution < -0.4 is 5.32 Å². The Hall–Kier alpha value is -2.37. The first-order valence-electron chi connectivity index (χ1n) is 8.57. The second-order valence-electron chi connectivity index (χ2n) is 6.53. The van der Waals surface area contributed by atoms with Gasteiger partial charge in [-0.25, -0.2) is 4.79 Å². The molecule has 3 heterocycles. The molecule has 0 unspecified atom stereocenters. The molecule has 1 aliphatic rings. The molecule has 1 saturated heterocycles. The normalized spacial score (nSPS) is 18.3. The van der Waals surface area contributed by atoms with Crippen LogP contribution in [0.15, 0.2) is 18.5 Å². The van der Waals surface area contributed by atoms with E-state index in [1.165, 1.54) is 5.56 Å². The fraction of sp³-hybridized carbons (Fsp3) is 0.500. The topological polar surface area (TPSA) is 73.9 Å². The Balaban J connectivity index is 1.87. The van der Waals surface area contributed by atoms with Crippen molar-refractivity contribution in [2.75, 3.05) is 11.9 Å². The molecule has 0 bridgehead atoms. The first-order chi connectivity index (χ1) is 11.6. The van der Waals surface area contributed by atoms with Gasteiger partial charge in [-0.2, -0.15) is 5.10 Å². The Kier molecular flexibility index (Phi) is 4.83. The van der Waals surface area contributed by atoms with Gasteiger partial charge in [-0.05, 0) is 45.2 Å². The number of rotatable bonds is 2. The molecule has 128 valence electrons. The second kappa shape index (κ2) is 7.03. The maximum Gasteiger partial charge on any atom is 0.322 e. The van der Waals surface area contributed by atoms with Gasteiger partial charge in [-0.1, -0.05) is 12.8 Å². The largest absolute Gasteiger partial charge is 0.322 e. The van der Waals surface area contributed by atoms with Crippen LogP contribution in [-0.2, 0) is 0 Å². The Bertz CT molecular complexity index is 704. The van der Waals surface area contributed by atoms with Gasteiger partial charge in [0.1, 0.15) is 0 Å². The Morgan fingerprint density at radius 1 is 1.29 bits per heavy atom. The van der Waals surface area contributed by atoms with Crippen LogP contribution in [0.25, 0.3) is 0 Å². The lowest BCUT2D eigenvalue weighted by molar-refractivity contribution is 0.189. The molecule has 3 rings (SSSR count). The van der Waals surface area contributed by atoms with E-state index in [4.69, 9.17) is 0 Å². The molecule has 0 aliphatic carbocycles. The third-order valence-corrected chi connectivity index (χ3v) is 4.79. The molecule has 2 aromatic heterocycles. The summed E-state index contributed by atoms with van der Waals surface area (Å²) in [5.41, 5.74) is 4.99. The quantitative estimate of drug-likeness (QED) is 0.879. The van der Waals surface area contributed by atoms with Crippen molar-refractivity contribution in [1.82, 2.24) is 20.1 Å². The molecule has 0 spiro atoms. The minimum absolute atomic E-state index is 0.0452. The van der Waals surface area contributed by atoms with E-state index in [9.17, 15) is 4.79 Å². The van der Waals surface area contributed by atoms with E-state index in [-0.39, 0.29) is 12.1 Å². The van der Waals surface area contributed by atoms with E-state index in [0.717, 1.165) is 54.9 Å². The lowest BCUT2D eigenvalue weighted by Gasteiger charge is -2.31. The number of pyridine rings is 1. The summed E-state index contributed by atoms with van der Waals surface area (Å²) in [6.07, 6.45) is 7.77. The zero-order valence-corrected chi connectivity index (χ0v) is 14.6. The number of carbonyl (C=O) groups is 1. The number of hydrogen-bond donors (Lipinski definition) is 2. The van der Waals surface area contributed by atoms with Gasteiger partial charge in [0.25, 0.3) is 0 Å². The molecule has 6 heteroatoms. The van der Waals surface area contributed by atoms with Crippen LogP contribution in [0.1, 0.15) is 54.2 Å². The fourth-order valence-corrected chi connectivity index (χ4v) is 3.50. The number of carbonyl (C=O) groups excluding carboxylic acids is 1. The third-order valence-electron chi connectivity index (χ3n) is 4.79. The second-order valence-corrected chi connectivity index (χ2v) is 6.53. The monoisotopic (exact) mass is 327 g/mol. The maximum absolute atomic E-state index is 13.0. The molecule has 2 N–H and O–H groups in total. The van der Waals surface area contributed by atoms with Gasteiger partial charge >= 0.3 is 6.03 Å². The van der Waals surface area contributed by atoms with Crippen molar-refractivity contribution in [3.8, 4) is 0 Å². The highest BCUT2D eigenvalue weighted by molar-refractivity contribution is 5.90. The van der Waals surface area contributed by atoms with Crippen LogP contribution in [0.3, 0.4) is 0 Å². The number of H-pyrrole nitrogens is 1. The number of nitrogens with one attached hydrogen (secondary N) is 2. The van der Waals surface area contributed by atoms with Crippen LogP contribution in [0, 0.1) is 20.8 Å². The summed E-state index contributed by atoms with van der Waals surface area (Å²) in [6.45, 7) is 6.76. The lowest BCUT2D eigenvalue weighted by Crippen LogP contribution is -2.38. The SMILES string of the molecule is Cc1cnccc1NC(=O)N1CCCCC[C@H]1c1c(C)n[nH]c1C. The average Bonchev–Trinajstić information content (AvgIpc) is 2.77.